The van der Waals surface area contributed by atoms with E-state index in [4.69, 9.17) is 4.74 Å². The van der Waals surface area contributed by atoms with Crippen molar-refractivity contribution in [3.8, 4) is 5.75 Å². The van der Waals surface area contributed by atoms with Gasteiger partial charge < -0.3 is 10.1 Å². The van der Waals surface area contributed by atoms with Gasteiger partial charge in [0.05, 0.1) is 6.54 Å². The van der Waals surface area contributed by atoms with E-state index in [0.717, 1.165) is 5.01 Å². The van der Waals surface area contributed by atoms with Crippen LogP contribution >= 0.6 is 11.3 Å². The standard InChI is InChI=1S/C13H15FN4O2S/c1-8(20-11-6-4-3-5-10(11)14)7-15-12(19)16-13-18-17-9(2)21-13/h3-6,8H,7H2,1-2H3,(H2,15,16,18,19)/t8-/m1/s1. The lowest BCUT2D eigenvalue weighted by molar-refractivity contribution is 0.205. The Hall–Kier alpha value is -2.22. The largest absolute Gasteiger partial charge is 0.486 e. The minimum absolute atomic E-state index is 0.159. The number of rotatable bonds is 5. The van der Waals surface area contributed by atoms with Crippen LogP contribution in [-0.4, -0.2) is 28.9 Å². The van der Waals surface area contributed by atoms with E-state index in [0.29, 0.717) is 5.13 Å². The quantitative estimate of drug-likeness (QED) is 0.890. The number of nitrogens with one attached hydrogen (secondary N) is 2. The molecular weight excluding hydrogens is 295 g/mol. The maximum Gasteiger partial charge on any atom is 0.321 e. The number of amides is 2. The number of benzene rings is 1. The van der Waals surface area contributed by atoms with Gasteiger partial charge in [-0.05, 0) is 26.0 Å². The molecule has 2 aromatic rings. The molecule has 2 amide bonds. The number of carbonyl (C=O) groups excluding carboxylic acids is 1. The molecule has 0 radical (unpaired) electrons. The molecule has 0 bridgehead atoms. The van der Waals surface area contributed by atoms with Gasteiger partial charge in [0, 0.05) is 0 Å². The second-order valence-corrected chi connectivity index (χ2v) is 5.50. The van der Waals surface area contributed by atoms with E-state index >= 15 is 0 Å². The van der Waals surface area contributed by atoms with Gasteiger partial charge in [0.25, 0.3) is 0 Å². The van der Waals surface area contributed by atoms with Gasteiger partial charge in [0.15, 0.2) is 11.6 Å². The number of hydrogen-bond acceptors (Lipinski definition) is 5. The highest BCUT2D eigenvalue weighted by Crippen LogP contribution is 2.17. The topological polar surface area (TPSA) is 76.1 Å². The van der Waals surface area contributed by atoms with E-state index in [1.165, 1.54) is 23.5 Å². The van der Waals surface area contributed by atoms with Gasteiger partial charge in [-0.15, -0.1) is 10.2 Å². The molecule has 0 saturated heterocycles. The van der Waals surface area contributed by atoms with Crippen LogP contribution in [0.15, 0.2) is 24.3 Å². The lowest BCUT2D eigenvalue weighted by Gasteiger charge is -2.15. The summed E-state index contributed by atoms with van der Waals surface area (Å²) in [5.41, 5.74) is 0. The first-order valence-electron chi connectivity index (χ1n) is 6.30. The summed E-state index contributed by atoms with van der Waals surface area (Å²) in [6.45, 7) is 3.77. The van der Waals surface area contributed by atoms with Crippen molar-refractivity contribution in [3.05, 3.63) is 35.1 Å². The lowest BCUT2D eigenvalue weighted by atomic mass is 10.3. The molecule has 1 atom stereocenters. The minimum atomic E-state index is -0.432. The van der Waals surface area contributed by atoms with Crippen molar-refractivity contribution in [1.29, 1.82) is 0 Å². The fourth-order valence-electron chi connectivity index (χ4n) is 1.52. The normalized spacial score (nSPS) is 11.8. The van der Waals surface area contributed by atoms with Crippen LogP contribution in [-0.2, 0) is 0 Å². The molecule has 6 nitrogen and oxygen atoms in total. The molecule has 0 fully saturated rings. The average Bonchev–Trinajstić information content (AvgIpc) is 2.84. The van der Waals surface area contributed by atoms with Crippen LogP contribution in [0.2, 0.25) is 0 Å². The van der Waals surface area contributed by atoms with Crippen LogP contribution in [0.25, 0.3) is 0 Å². The fourth-order valence-corrected chi connectivity index (χ4v) is 2.11. The van der Waals surface area contributed by atoms with E-state index < -0.39 is 11.8 Å². The van der Waals surface area contributed by atoms with Crippen LogP contribution in [0.1, 0.15) is 11.9 Å². The lowest BCUT2D eigenvalue weighted by Crippen LogP contribution is -2.36. The summed E-state index contributed by atoms with van der Waals surface area (Å²) in [7, 11) is 0. The summed E-state index contributed by atoms with van der Waals surface area (Å²) in [4.78, 5) is 11.6. The number of urea groups is 1. The highest BCUT2D eigenvalue weighted by molar-refractivity contribution is 7.15. The number of nitrogens with zero attached hydrogens (tertiary/aromatic N) is 2. The Morgan fingerprint density at radius 2 is 2.19 bits per heavy atom. The summed E-state index contributed by atoms with van der Waals surface area (Å²) >= 11 is 1.28. The molecule has 0 saturated carbocycles. The Bertz CT molecular complexity index is 620. The molecule has 0 aliphatic heterocycles. The predicted molar refractivity (Wildman–Crippen MR) is 78.2 cm³/mol. The van der Waals surface area contributed by atoms with E-state index in [1.807, 2.05) is 0 Å². The number of para-hydroxylation sites is 1. The zero-order valence-electron chi connectivity index (χ0n) is 11.6. The summed E-state index contributed by atoms with van der Waals surface area (Å²) in [6.07, 6.45) is -0.371. The molecule has 8 heteroatoms. The van der Waals surface area contributed by atoms with Crippen molar-refractivity contribution in [2.75, 3.05) is 11.9 Å². The highest BCUT2D eigenvalue weighted by Gasteiger charge is 2.10. The maximum absolute atomic E-state index is 13.4. The fraction of sp³-hybridized carbons (Fsp3) is 0.308. The summed E-state index contributed by atoms with van der Waals surface area (Å²) < 4.78 is 18.8. The van der Waals surface area contributed by atoms with Crippen LogP contribution < -0.4 is 15.4 Å². The third-order valence-electron chi connectivity index (χ3n) is 2.46. The smallest absolute Gasteiger partial charge is 0.321 e. The Balaban J connectivity index is 1.77. The first kappa shape index (κ1) is 15.2. The molecule has 0 spiro atoms. The Morgan fingerprint density at radius 1 is 1.43 bits per heavy atom. The summed E-state index contributed by atoms with van der Waals surface area (Å²) in [6, 6.07) is 5.72. The SMILES string of the molecule is Cc1nnc(NC(=O)NC[C@@H](C)Oc2ccccc2F)s1. The van der Waals surface area contributed by atoms with Crippen LogP contribution in [0.3, 0.4) is 0 Å². The number of anilines is 1. The van der Waals surface area contributed by atoms with Crippen molar-refractivity contribution in [1.82, 2.24) is 15.5 Å². The van der Waals surface area contributed by atoms with Gasteiger partial charge in [-0.2, -0.15) is 0 Å². The van der Waals surface area contributed by atoms with Crippen LogP contribution in [0.5, 0.6) is 5.75 Å². The first-order valence-corrected chi connectivity index (χ1v) is 7.12. The number of hydrogen-bond donors (Lipinski definition) is 2. The summed E-state index contributed by atoms with van der Waals surface area (Å²) in [5.74, 6) is -0.273. The minimum Gasteiger partial charge on any atom is -0.486 e. The molecule has 1 aromatic heterocycles. The first-order chi connectivity index (χ1) is 10.0. The number of halogens is 1. The molecule has 1 aromatic carbocycles. The molecule has 1 heterocycles. The van der Waals surface area contributed by atoms with E-state index in [9.17, 15) is 9.18 Å². The average molecular weight is 310 g/mol. The van der Waals surface area contributed by atoms with Gasteiger partial charge >= 0.3 is 6.03 Å². The van der Waals surface area contributed by atoms with Crippen molar-refractivity contribution in [3.63, 3.8) is 0 Å². The Labute approximate surface area is 125 Å². The van der Waals surface area contributed by atoms with Crippen molar-refractivity contribution in [2.24, 2.45) is 0 Å². The zero-order chi connectivity index (χ0) is 15.2. The molecular formula is C13H15FN4O2S. The van der Waals surface area contributed by atoms with E-state index in [-0.39, 0.29) is 18.4 Å². The molecule has 2 rings (SSSR count). The molecule has 0 aliphatic carbocycles. The Morgan fingerprint density at radius 3 is 2.86 bits per heavy atom. The van der Waals surface area contributed by atoms with Crippen molar-refractivity contribution in [2.45, 2.75) is 20.0 Å². The molecule has 112 valence electrons. The van der Waals surface area contributed by atoms with Crippen LogP contribution in [0.4, 0.5) is 14.3 Å². The highest BCUT2D eigenvalue weighted by atomic mass is 32.1. The second-order valence-electron chi connectivity index (χ2n) is 4.32. The predicted octanol–water partition coefficient (Wildman–Crippen LogP) is 2.57. The van der Waals surface area contributed by atoms with Gasteiger partial charge in [0.1, 0.15) is 11.1 Å². The molecule has 21 heavy (non-hydrogen) atoms. The number of aromatic nitrogens is 2. The van der Waals surface area contributed by atoms with E-state index in [1.54, 1.807) is 26.0 Å². The van der Waals surface area contributed by atoms with Gasteiger partial charge in [0.2, 0.25) is 5.13 Å². The van der Waals surface area contributed by atoms with Gasteiger partial charge in [-0.3, -0.25) is 5.32 Å². The third-order valence-corrected chi connectivity index (χ3v) is 3.22. The van der Waals surface area contributed by atoms with Crippen molar-refractivity contribution < 1.29 is 13.9 Å². The number of carbonyl (C=O) groups is 1. The number of ether oxygens (including phenoxy) is 1. The Kier molecular flexibility index (Phi) is 5.04. The molecule has 0 unspecified atom stereocenters. The molecule has 2 N–H and O–H groups in total. The monoisotopic (exact) mass is 310 g/mol. The maximum atomic E-state index is 13.4. The summed E-state index contributed by atoms with van der Waals surface area (Å²) in [5, 5.41) is 13.9. The van der Waals surface area contributed by atoms with Gasteiger partial charge in [-0.1, -0.05) is 23.5 Å². The second kappa shape index (κ2) is 6.98. The molecule has 0 aliphatic rings. The number of aryl methyl sites for hydroxylation is 1. The van der Waals surface area contributed by atoms with Gasteiger partial charge in [-0.25, -0.2) is 9.18 Å². The zero-order valence-corrected chi connectivity index (χ0v) is 12.4. The van der Waals surface area contributed by atoms with E-state index in [2.05, 4.69) is 20.8 Å². The third kappa shape index (κ3) is 4.67. The van der Waals surface area contributed by atoms with Crippen molar-refractivity contribution >= 4 is 22.5 Å². The van der Waals surface area contributed by atoms with Crippen LogP contribution in [0, 0.1) is 12.7 Å².